The zero-order valence-electron chi connectivity index (χ0n) is 15.9. The van der Waals surface area contributed by atoms with Crippen LogP contribution in [0.25, 0.3) is 0 Å². The van der Waals surface area contributed by atoms with E-state index in [1.807, 2.05) is 19.9 Å². The largest absolute Gasteiger partial charge is 0.381 e. The fourth-order valence-electron chi connectivity index (χ4n) is 4.08. The van der Waals surface area contributed by atoms with Gasteiger partial charge < -0.3 is 10.1 Å². The summed E-state index contributed by atoms with van der Waals surface area (Å²) in [4.78, 5) is 31.0. The van der Waals surface area contributed by atoms with Crippen LogP contribution in [0.2, 0.25) is 0 Å². The number of nitrogens with zero attached hydrogens (tertiary/aromatic N) is 3. The first-order valence-electron chi connectivity index (χ1n) is 9.69. The summed E-state index contributed by atoms with van der Waals surface area (Å²) in [6.45, 7) is 8.20. The van der Waals surface area contributed by atoms with Gasteiger partial charge in [0.1, 0.15) is 0 Å². The fraction of sp³-hybridized carbons (Fsp3) is 0.737. The van der Waals surface area contributed by atoms with Crippen molar-refractivity contribution in [1.82, 2.24) is 19.8 Å². The van der Waals surface area contributed by atoms with Gasteiger partial charge in [0.15, 0.2) is 0 Å². The second kappa shape index (κ2) is 8.77. The van der Waals surface area contributed by atoms with Gasteiger partial charge in [0, 0.05) is 50.3 Å². The van der Waals surface area contributed by atoms with Crippen molar-refractivity contribution in [2.75, 3.05) is 32.8 Å². The second-order valence-corrected chi connectivity index (χ2v) is 7.44. The number of hydrogen-bond acceptors (Lipinski definition) is 5. The van der Waals surface area contributed by atoms with E-state index in [-0.39, 0.29) is 17.5 Å². The second-order valence-electron chi connectivity index (χ2n) is 7.44. The molecule has 3 heterocycles. The summed E-state index contributed by atoms with van der Waals surface area (Å²) in [6.07, 6.45) is 4.14. The monoisotopic (exact) mass is 362 g/mol. The van der Waals surface area contributed by atoms with Gasteiger partial charge in [0.25, 0.3) is 0 Å². The van der Waals surface area contributed by atoms with Crippen LogP contribution in [0.1, 0.15) is 37.1 Å². The number of rotatable bonds is 5. The minimum Gasteiger partial charge on any atom is -0.381 e. The highest BCUT2D eigenvalue weighted by Crippen LogP contribution is 2.23. The van der Waals surface area contributed by atoms with E-state index in [0.717, 1.165) is 63.4 Å². The van der Waals surface area contributed by atoms with E-state index in [1.165, 1.54) is 0 Å². The van der Waals surface area contributed by atoms with E-state index < -0.39 is 0 Å². The molecule has 1 N–H and O–H groups in total. The predicted octanol–water partition coefficient (Wildman–Crippen LogP) is 0.867. The van der Waals surface area contributed by atoms with Crippen LogP contribution < -0.4 is 11.0 Å². The van der Waals surface area contributed by atoms with Gasteiger partial charge in [-0.1, -0.05) is 0 Å². The summed E-state index contributed by atoms with van der Waals surface area (Å²) in [5.41, 5.74) is 1.35. The van der Waals surface area contributed by atoms with Gasteiger partial charge in [0.2, 0.25) is 5.91 Å². The summed E-state index contributed by atoms with van der Waals surface area (Å²) in [5.74, 6) is 0.146. The molecule has 1 aromatic rings. The van der Waals surface area contributed by atoms with Crippen molar-refractivity contribution in [2.45, 2.75) is 52.1 Å². The zero-order valence-corrected chi connectivity index (χ0v) is 15.9. The van der Waals surface area contributed by atoms with Gasteiger partial charge in [-0.3, -0.25) is 14.3 Å². The smallest absolute Gasteiger partial charge is 0.348 e. The Morgan fingerprint density at radius 3 is 2.81 bits per heavy atom. The van der Waals surface area contributed by atoms with E-state index in [1.54, 1.807) is 4.57 Å². The predicted molar refractivity (Wildman–Crippen MR) is 99.1 cm³/mol. The van der Waals surface area contributed by atoms with E-state index >= 15 is 0 Å². The molecule has 1 amide bonds. The maximum Gasteiger partial charge on any atom is 0.348 e. The lowest BCUT2D eigenvalue weighted by Crippen LogP contribution is -2.49. The molecule has 1 unspecified atom stereocenters. The highest BCUT2D eigenvalue weighted by Gasteiger charge is 2.30. The maximum absolute atomic E-state index is 12.6. The van der Waals surface area contributed by atoms with Gasteiger partial charge in [0.05, 0.1) is 5.92 Å². The zero-order chi connectivity index (χ0) is 18.5. The topological polar surface area (TPSA) is 76.5 Å². The third-order valence-electron chi connectivity index (χ3n) is 5.51. The van der Waals surface area contributed by atoms with Crippen LogP contribution in [-0.2, 0) is 16.1 Å². The van der Waals surface area contributed by atoms with Crippen molar-refractivity contribution in [3.8, 4) is 0 Å². The molecule has 26 heavy (non-hydrogen) atoms. The van der Waals surface area contributed by atoms with Gasteiger partial charge in [-0.05, 0) is 52.1 Å². The van der Waals surface area contributed by atoms with Gasteiger partial charge >= 0.3 is 5.69 Å². The number of aromatic nitrogens is 2. The van der Waals surface area contributed by atoms with E-state index in [0.29, 0.717) is 19.1 Å². The number of aryl methyl sites for hydroxylation is 2. The lowest BCUT2D eigenvalue weighted by Gasteiger charge is -2.39. The lowest BCUT2D eigenvalue weighted by molar-refractivity contribution is -0.127. The Morgan fingerprint density at radius 2 is 2.08 bits per heavy atom. The minimum absolute atomic E-state index is 0.0422. The molecule has 0 aliphatic carbocycles. The quantitative estimate of drug-likeness (QED) is 0.841. The average molecular weight is 362 g/mol. The van der Waals surface area contributed by atoms with Crippen LogP contribution in [0.4, 0.5) is 0 Å². The first-order valence-corrected chi connectivity index (χ1v) is 9.69. The Labute approximate surface area is 154 Å². The Hall–Kier alpha value is -1.73. The number of hydrogen-bond donors (Lipinski definition) is 1. The molecule has 3 rings (SSSR count). The standard InChI is InChI=1S/C19H30N4O3/c1-14-12-15(2)23(19(25)21-14)9-7-20-18(24)16-4-3-8-22(13-16)17-5-10-26-11-6-17/h12,16-17H,3-11,13H2,1-2H3,(H,20,24). The van der Waals surface area contributed by atoms with E-state index in [4.69, 9.17) is 4.74 Å². The lowest BCUT2D eigenvalue weighted by atomic mass is 9.94. The first-order chi connectivity index (χ1) is 12.5. The molecule has 7 heteroatoms. The van der Waals surface area contributed by atoms with Crippen molar-refractivity contribution in [3.05, 3.63) is 27.9 Å². The Bertz CT molecular complexity index is 682. The molecule has 0 radical (unpaired) electrons. The molecule has 144 valence electrons. The van der Waals surface area contributed by atoms with Gasteiger partial charge in [-0.25, -0.2) is 4.79 Å². The van der Waals surface area contributed by atoms with Crippen LogP contribution in [0.15, 0.2) is 10.9 Å². The van der Waals surface area contributed by atoms with Gasteiger partial charge in [-0.2, -0.15) is 4.98 Å². The number of carbonyl (C=O) groups is 1. The Morgan fingerprint density at radius 1 is 1.31 bits per heavy atom. The summed E-state index contributed by atoms with van der Waals surface area (Å²) < 4.78 is 7.06. The molecule has 1 atom stereocenters. The highest BCUT2D eigenvalue weighted by molar-refractivity contribution is 5.78. The molecule has 2 fully saturated rings. The van der Waals surface area contributed by atoms with Crippen molar-refractivity contribution in [2.24, 2.45) is 5.92 Å². The van der Waals surface area contributed by atoms with Crippen LogP contribution in [0, 0.1) is 19.8 Å². The van der Waals surface area contributed by atoms with Crippen LogP contribution in [0.3, 0.4) is 0 Å². The molecule has 2 aliphatic rings. The molecule has 2 saturated heterocycles. The van der Waals surface area contributed by atoms with E-state index in [9.17, 15) is 9.59 Å². The number of ether oxygens (including phenoxy) is 1. The normalized spacial score (nSPS) is 22.3. The summed E-state index contributed by atoms with van der Waals surface area (Å²) in [5, 5.41) is 3.02. The van der Waals surface area contributed by atoms with Gasteiger partial charge in [-0.15, -0.1) is 0 Å². The third-order valence-corrected chi connectivity index (χ3v) is 5.51. The molecule has 0 bridgehead atoms. The number of piperidine rings is 1. The molecule has 0 aromatic carbocycles. The average Bonchev–Trinajstić information content (AvgIpc) is 2.64. The van der Waals surface area contributed by atoms with Crippen LogP contribution in [-0.4, -0.2) is 59.2 Å². The summed E-state index contributed by atoms with van der Waals surface area (Å²) >= 11 is 0. The Kier molecular flexibility index (Phi) is 6.43. The molecule has 1 aromatic heterocycles. The molecular weight excluding hydrogens is 332 g/mol. The first kappa shape index (κ1) is 19.0. The number of nitrogens with one attached hydrogen (secondary N) is 1. The highest BCUT2D eigenvalue weighted by atomic mass is 16.5. The Balaban J connectivity index is 1.49. The molecular formula is C19H30N4O3. The number of likely N-dealkylation sites (tertiary alicyclic amines) is 1. The van der Waals surface area contributed by atoms with Crippen molar-refractivity contribution in [3.63, 3.8) is 0 Å². The molecule has 0 saturated carbocycles. The fourth-order valence-corrected chi connectivity index (χ4v) is 4.08. The van der Waals surface area contributed by atoms with Crippen molar-refractivity contribution in [1.29, 1.82) is 0 Å². The summed E-state index contributed by atoms with van der Waals surface area (Å²) in [7, 11) is 0. The molecule has 7 nitrogen and oxygen atoms in total. The third kappa shape index (κ3) is 4.71. The minimum atomic E-state index is -0.250. The number of amides is 1. The van der Waals surface area contributed by atoms with Crippen LogP contribution in [0.5, 0.6) is 0 Å². The SMILES string of the molecule is Cc1cc(C)n(CCNC(=O)C2CCCN(C3CCOCC3)C2)c(=O)n1. The van der Waals surface area contributed by atoms with Crippen molar-refractivity contribution < 1.29 is 9.53 Å². The number of carbonyl (C=O) groups excluding carboxylic acids is 1. The van der Waals surface area contributed by atoms with Crippen molar-refractivity contribution >= 4 is 5.91 Å². The molecule has 2 aliphatic heterocycles. The molecule has 0 spiro atoms. The maximum atomic E-state index is 12.6. The van der Waals surface area contributed by atoms with Crippen LogP contribution >= 0.6 is 0 Å². The van der Waals surface area contributed by atoms with E-state index in [2.05, 4.69) is 15.2 Å². The summed E-state index contributed by atoms with van der Waals surface area (Å²) in [6, 6.07) is 2.44.